The number of carbonyl (C=O) groups is 2. The van der Waals surface area contributed by atoms with Crippen molar-refractivity contribution in [3.63, 3.8) is 0 Å². The summed E-state index contributed by atoms with van der Waals surface area (Å²) in [6.45, 7) is 6.37. The van der Waals surface area contributed by atoms with E-state index in [-0.39, 0.29) is 24.5 Å². The highest BCUT2D eigenvalue weighted by molar-refractivity contribution is 5.95. The molecule has 6 heteroatoms. The fraction of sp³-hybridized carbons (Fsp3) is 0.500. The van der Waals surface area contributed by atoms with Crippen molar-refractivity contribution in [1.82, 2.24) is 10.6 Å². The summed E-state index contributed by atoms with van der Waals surface area (Å²) >= 11 is 0. The number of amides is 2. The number of anilines is 1. The first kappa shape index (κ1) is 17.8. The third-order valence-corrected chi connectivity index (χ3v) is 3.19. The molecule has 0 saturated heterocycles. The van der Waals surface area contributed by atoms with Crippen LogP contribution in [0.1, 0.15) is 44.0 Å². The van der Waals surface area contributed by atoms with Crippen LogP contribution in [0, 0.1) is 0 Å². The van der Waals surface area contributed by atoms with Gasteiger partial charge in [-0.05, 0) is 38.0 Å². The van der Waals surface area contributed by atoms with Crippen LogP contribution in [0.2, 0.25) is 0 Å². The lowest BCUT2D eigenvalue weighted by molar-refractivity contribution is -0.123. The Labute approximate surface area is 131 Å². The van der Waals surface area contributed by atoms with E-state index < -0.39 is 0 Å². The second-order valence-corrected chi connectivity index (χ2v) is 5.17. The molecular formula is C16H25N3O3. The molecule has 0 saturated carbocycles. The van der Waals surface area contributed by atoms with Gasteiger partial charge in [-0.1, -0.05) is 13.8 Å². The van der Waals surface area contributed by atoms with E-state index in [1.165, 1.54) is 0 Å². The highest BCUT2D eigenvalue weighted by atomic mass is 16.5. The fourth-order valence-electron chi connectivity index (χ4n) is 1.70. The van der Waals surface area contributed by atoms with E-state index in [2.05, 4.69) is 10.6 Å². The Hall–Kier alpha value is -2.24. The molecule has 0 radical (unpaired) electrons. The number of rotatable bonds is 8. The van der Waals surface area contributed by atoms with Crippen molar-refractivity contribution < 1.29 is 14.3 Å². The van der Waals surface area contributed by atoms with Gasteiger partial charge in [0.05, 0.1) is 5.69 Å². The molecule has 0 fully saturated rings. The number of hydrogen-bond acceptors (Lipinski definition) is 4. The van der Waals surface area contributed by atoms with E-state index in [0.717, 1.165) is 12.8 Å². The van der Waals surface area contributed by atoms with Gasteiger partial charge in [-0.25, -0.2) is 0 Å². The van der Waals surface area contributed by atoms with Crippen molar-refractivity contribution in [3.8, 4) is 5.75 Å². The summed E-state index contributed by atoms with van der Waals surface area (Å²) in [5.74, 6) is -0.0613. The fourth-order valence-corrected chi connectivity index (χ4v) is 1.70. The Balaban J connectivity index is 2.66. The molecule has 0 aliphatic heterocycles. The van der Waals surface area contributed by atoms with Crippen molar-refractivity contribution in [2.24, 2.45) is 0 Å². The lowest BCUT2D eigenvalue weighted by atomic mass is 10.1. The van der Waals surface area contributed by atoms with Gasteiger partial charge in [0.25, 0.3) is 11.8 Å². The molecule has 22 heavy (non-hydrogen) atoms. The van der Waals surface area contributed by atoms with Crippen molar-refractivity contribution in [1.29, 1.82) is 0 Å². The standard InChI is InChI=1S/C16H25N3O3/c1-4-8-18-16(21)12-6-7-13(17)14(9-12)22-10-15(20)19-11(3)5-2/h6-7,9,11H,4-5,8,10,17H2,1-3H3,(H,18,21)(H,19,20). The first-order valence-electron chi connectivity index (χ1n) is 7.57. The van der Waals surface area contributed by atoms with Gasteiger partial charge in [0.1, 0.15) is 5.75 Å². The molecule has 0 aromatic heterocycles. The smallest absolute Gasteiger partial charge is 0.258 e. The average Bonchev–Trinajstić information content (AvgIpc) is 2.51. The van der Waals surface area contributed by atoms with E-state index >= 15 is 0 Å². The van der Waals surface area contributed by atoms with Crippen LogP contribution in [0.4, 0.5) is 5.69 Å². The molecule has 1 aromatic rings. The summed E-state index contributed by atoms with van der Waals surface area (Å²) < 4.78 is 5.42. The van der Waals surface area contributed by atoms with Crippen molar-refractivity contribution in [2.45, 2.75) is 39.7 Å². The minimum absolute atomic E-state index is 0.0969. The Morgan fingerprint density at radius 1 is 1.32 bits per heavy atom. The van der Waals surface area contributed by atoms with E-state index in [9.17, 15) is 9.59 Å². The maximum absolute atomic E-state index is 11.9. The van der Waals surface area contributed by atoms with E-state index in [0.29, 0.717) is 23.5 Å². The van der Waals surface area contributed by atoms with Gasteiger partial charge in [0, 0.05) is 18.2 Å². The van der Waals surface area contributed by atoms with Crippen molar-refractivity contribution >= 4 is 17.5 Å². The minimum Gasteiger partial charge on any atom is -0.482 e. The predicted molar refractivity (Wildman–Crippen MR) is 86.9 cm³/mol. The van der Waals surface area contributed by atoms with E-state index in [1.54, 1.807) is 18.2 Å². The van der Waals surface area contributed by atoms with Gasteiger partial charge in [-0.2, -0.15) is 0 Å². The molecule has 1 unspecified atom stereocenters. The van der Waals surface area contributed by atoms with Crippen LogP contribution >= 0.6 is 0 Å². The zero-order chi connectivity index (χ0) is 16.5. The number of carbonyl (C=O) groups excluding carboxylic acids is 2. The Morgan fingerprint density at radius 2 is 2.05 bits per heavy atom. The molecule has 1 atom stereocenters. The highest BCUT2D eigenvalue weighted by Crippen LogP contribution is 2.22. The molecular weight excluding hydrogens is 282 g/mol. The third kappa shape index (κ3) is 5.63. The van der Waals surface area contributed by atoms with E-state index in [1.807, 2.05) is 20.8 Å². The SMILES string of the molecule is CCCNC(=O)c1ccc(N)c(OCC(=O)NC(C)CC)c1. The summed E-state index contributed by atoms with van der Waals surface area (Å²) in [4.78, 5) is 23.6. The molecule has 0 heterocycles. The first-order valence-corrected chi connectivity index (χ1v) is 7.57. The maximum atomic E-state index is 11.9. The van der Waals surface area contributed by atoms with Crippen molar-refractivity contribution in [2.75, 3.05) is 18.9 Å². The molecule has 1 rings (SSSR count). The molecule has 0 bridgehead atoms. The Morgan fingerprint density at radius 3 is 2.68 bits per heavy atom. The maximum Gasteiger partial charge on any atom is 0.258 e. The van der Waals surface area contributed by atoms with E-state index in [4.69, 9.17) is 10.5 Å². The summed E-state index contributed by atoms with van der Waals surface area (Å²) in [5.41, 5.74) is 6.67. The Bertz CT molecular complexity index is 517. The molecule has 1 aromatic carbocycles. The highest BCUT2D eigenvalue weighted by Gasteiger charge is 2.11. The van der Waals surface area contributed by atoms with Crippen LogP contribution in [-0.4, -0.2) is 31.0 Å². The number of benzene rings is 1. The lowest BCUT2D eigenvalue weighted by Gasteiger charge is -2.13. The monoisotopic (exact) mass is 307 g/mol. The quantitative estimate of drug-likeness (QED) is 0.637. The number of hydrogen-bond donors (Lipinski definition) is 3. The number of nitrogen functional groups attached to an aromatic ring is 1. The summed E-state index contributed by atoms with van der Waals surface area (Å²) in [6, 6.07) is 4.88. The number of ether oxygens (including phenoxy) is 1. The Kier molecular flexibility index (Phi) is 7.22. The second-order valence-electron chi connectivity index (χ2n) is 5.17. The third-order valence-electron chi connectivity index (χ3n) is 3.19. The number of nitrogens with one attached hydrogen (secondary N) is 2. The molecule has 6 nitrogen and oxygen atoms in total. The zero-order valence-electron chi connectivity index (χ0n) is 13.4. The van der Waals surface area contributed by atoms with Crippen LogP contribution in [0.25, 0.3) is 0 Å². The summed E-state index contributed by atoms with van der Waals surface area (Å²) in [6.07, 6.45) is 1.71. The van der Waals surface area contributed by atoms with Crippen LogP contribution in [0.5, 0.6) is 5.75 Å². The topological polar surface area (TPSA) is 93.5 Å². The molecule has 0 spiro atoms. The molecule has 2 amide bonds. The van der Waals surface area contributed by atoms with Crippen LogP contribution in [0.15, 0.2) is 18.2 Å². The van der Waals surface area contributed by atoms with Gasteiger partial charge < -0.3 is 21.1 Å². The van der Waals surface area contributed by atoms with Crippen LogP contribution in [-0.2, 0) is 4.79 Å². The second kappa shape index (κ2) is 8.92. The lowest BCUT2D eigenvalue weighted by Crippen LogP contribution is -2.35. The van der Waals surface area contributed by atoms with Gasteiger partial charge in [-0.15, -0.1) is 0 Å². The molecule has 4 N–H and O–H groups in total. The molecule has 0 aliphatic rings. The first-order chi connectivity index (χ1) is 10.5. The zero-order valence-corrected chi connectivity index (χ0v) is 13.4. The summed E-state index contributed by atoms with van der Waals surface area (Å²) in [7, 11) is 0. The minimum atomic E-state index is -0.213. The normalized spacial score (nSPS) is 11.6. The van der Waals surface area contributed by atoms with Crippen LogP contribution in [0.3, 0.4) is 0 Å². The largest absolute Gasteiger partial charge is 0.482 e. The predicted octanol–water partition coefficient (Wildman–Crippen LogP) is 1.70. The van der Waals surface area contributed by atoms with Crippen molar-refractivity contribution in [3.05, 3.63) is 23.8 Å². The molecule has 122 valence electrons. The van der Waals surface area contributed by atoms with Gasteiger partial charge >= 0.3 is 0 Å². The van der Waals surface area contributed by atoms with Gasteiger partial charge in [0.15, 0.2) is 6.61 Å². The number of nitrogens with two attached hydrogens (primary N) is 1. The molecule has 0 aliphatic carbocycles. The summed E-state index contributed by atoms with van der Waals surface area (Å²) in [5, 5.41) is 5.58. The van der Waals surface area contributed by atoms with Gasteiger partial charge in [0.2, 0.25) is 0 Å². The average molecular weight is 307 g/mol. The van der Waals surface area contributed by atoms with Crippen LogP contribution < -0.4 is 21.1 Å². The van der Waals surface area contributed by atoms with Gasteiger partial charge in [-0.3, -0.25) is 9.59 Å².